The van der Waals surface area contributed by atoms with E-state index in [1.54, 1.807) is 13.8 Å². The van der Waals surface area contributed by atoms with Crippen molar-refractivity contribution in [1.82, 2.24) is 14.8 Å². The summed E-state index contributed by atoms with van der Waals surface area (Å²) in [5.74, 6) is -2.74. The first-order valence-corrected chi connectivity index (χ1v) is 13.6. The van der Waals surface area contributed by atoms with Gasteiger partial charge in [0.1, 0.15) is 17.2 Å². The summed E-state index contributed by atoms with van der Waals surface area (Å²) in [4.78, 5) is 55.3. The van der Waals surface area contributed by atoms with Crippen LogP contribution in [0.5, 0.6) is 0 Å². The molecule has 2 amide bonds. The summed E-state index contributed by atoms with van der Waals surface area (Å²) < 4.78 is 42.9. The fraction of sp³-hybridized carbons (Fsp3) is 0.379. The average Bonchev–Trinajstić information content (AvgIpc) is 3.21. The third kappa shape index (κ3) is 5.27. The summed E-state index contributed by atoms with van der Waals surface area (Å²) in [7, 11) is 1.97. The van der Waals surface area contributed by atoms with Crippen molar-refractivity contribution >= 4 is 40.2 Å². The number of amides is 2. The smallest absolute Gasteiger partial charge is 0.416 e. The quantitative estimate of drug-likeness (QED) is 0.441. The van der Waals surface area contributed by atoms with Crippen LogP contribution in [0.3, 0.4) is 0 Å². The maximum absolute atomic E-state index is 15.9. The molecule has 222 valence electrons. The third-order valence-electron chi connectivity index (χ3n) is 7.50. The van der Waals surface area contributed by atoms with E-state index in [9.17, 15) is 19.2 Å². The molecule has 1 unspecified atom stereocenters. The molecule has 2 saturated heterocycles. The van der Waals surface area contributed by atoms with Crippen molar-refractivity contribution in [2.45, 2.75) is 33.0 Å². The second kappa shape index (κ2) is 11.4. The van der Waals surface area contributed by atoms with E-state index in [0.29, 0.717) is 26.2 Å². The monoisotopic (exact) mass is 583 g/mol. The van der Waals surface area contributed by atoms with Crippen LogP contribution in [0.2, 0.25) is 0 Å². The van der Waals surface area contributed by atoms with Crippen LogP contribution in [-0.2, 0) is 14.3 Å². The number of fused-ring (bicyclic) bond motifs is 1. The normalized spacial score (nSPS) is 19.2. The number of aromatic nitrogens is 1. The molecule has 11 nitrogen and oxygen atoms in total. The summed E-state index contributed by atoms with van der Waals surface area (Å²) in [5.41, 5.74) is -0.560. The number of carbonyl (C=O) groups excluding carboxylic acids is 3. The van der Waals surface area contributed by atoms with Crippen LogP contribution in [0.25, 0.3) is 16.6 Å². The Morgan fingerprint density at radius 1 is 1.05 bits per heavy atom. The number of rotatable bonds is 6. The van der Waals surface area contributed by atoms with Crippen molar-refractivity contribution in [3.05, 3.63) is 63.9 Å². The van der Waals surface area contributed by atoms with E-state index in [2.05, 4.69) is 10.2 Å². The van der Waals surface area contributed by atoms with Gasteiger partial charge in [0.15, 0.2) is 6.23 Å². The van der Waals surface area contributed by atoms with Crippen LogP contribution in [0, 0.1) is 11.6 Å². The summed E-state index contributed by atoms with van der Waals surface area (Å²) >= 11 is 0. The molecule has 2 aliphatic heterocycles. The highest BCUT2D eigenvalue weighted by molar-refractivity contribution is 5.95. The Bertz CT molecular complexity index is 1630. The third-order valence-corrected chi connectivity index (χ3v) is 7.50. The number of hydrogen-bond donors (Lipinski definition) is 1. The minimum atomic E-state index is -0.921. The molecule has 3 heterocycles. The van der Waals surface area contributed by atoms with Crippen LogP contribution in [0.4, 0.5) is 25.0 Å². The molecular weight excluding hydrogens is 552 g/mol. The zero-order valence-electron chi connectivity index (χ0n) is 23.6. The minimum absolute atomic E-state index is 0.000325. The van der Waals surface area contributed by atoms with E-state index < -0.39 is 47.3 Å². The number of piperazine rings is 1. The standard InChI is InChI=1S/C29H31F2N5O6/c1-5-41-28(39)20-15-35(24-14-25(22(31)13-19(24)26(20)38)34-10-8-33(4)9-11-34)23-7-6-18(12-21(23)30)36-16(2)27(32-17(3)37)42-29(36)40/h6-7,12-16,27H,5,8-11H2,1-4H3,(H,32,37)/t16?,27-/m0/s1. The van der Waals surface area contributed by atoms with Crippen LogP contribution in [0.1, 0.15) is 31.1 Å². The van der Waals surface area contributed by atoms with E-state index in [1.807, 2.05) is 11.9 Å². The van der Waals surface area contributed by atoms with Gasteiger partial charge in [0, 0.05) is 44.7 Å². The number of anilines is 2. The second-order valence-electron chi connectivity index (χ2n) is 10.3. The average molecular weight is 584 g/mol. The fourth-order valence-corrected chi connectivity index (χ4v) is 5.28. The van der Waals surface area contributed by atoms with Crippen LogP contribution in [0.15, 0.2) is 41.3 Å². The number of ether oxygens (including phenoxy) is 2. The zero-order chi connectivity index (χ0) is 30.3. The number of nitrogens with one attached hydrogen (secondary N) is 1. The number of likely N-dealkylation sites (N-methyl/N-ethyl adjacent to an activating group) is 1. The Kier molecular flexibility index (Phi) is 7.87. The lowest BCUT2D eigenvalue weighted by atomic mass is 10.1. The van der Waals surface area contributed by atoms with Crippen molar-refractivity contribution in [3.63, 3.8) is 0 Å². The maximum atomic E-state index is 15.9. The highest BCUT2D eigenvalue weighted by Gasteiger charge is 2.40. The number of hydrogen-bond acceptors (Lipinski definition) is 8. The first kappa shape index (κ1) is 29.0. The maximum Gasteiger partial charge on any atom is 0.416 e. The van der Waals surface area contributed by atoms with E-state index >= 15 is 8.78 Å². The van der Waals surface area contributed by atoms with Gasteiger partial charge in [0.25, 0.3) is 0 Å². The lowest BCUT2D eigenvalue weighted by Gasteiger charge is -2.34. The van der Waals surface area contributed by atoms with Crippen molar-refractivity contribution in [2.24, 2.45) is 0 Å². The summed E-state index contributed by atoms with van der Waals surface area (Å²) in [6, 6.07) is 5.89. The van der Waals surface area contributed by atoms with Gasteiger partial charge in [-0.1, -0.05) is 0 Å². The van der Waals surface area contributed by atoms with Crippen LogP contribution >= 0.6 is 0 Å². The predicted octanol–water partition coefficient (Wildman–Crippen LogP) is 3.00. The van der Waals surface area contributed by atoms with Gasteiger partial charge in [-0.25, -0.2) is 18.4 Å². The second-order valence-corrected chi connectivity index (χ2v) is 10.3. The summed E-state index contributed by atoms with van der Waals surface area (Å²) in [5, 5.41) is 2.42. The van der Waals surface area contributed by atoms with Crippen LogP contribution < -0.4 is 20.5 Å². The highest BCUT2D eigenvalue weighted by Crippen LogP contribution is 2.32. The van der Waals surface area contributed by atoms with Gasteiger partial charge < -0.3 is 29.2 Å². The van der Waals surface area contributed by atoms with Gasteiger partial charge in [-0.05, 0) is 51.2 Å². The van der Waals surface area contributed by atoms with Gasteiger partial charge in [-0.3, -0.25) is 14.5 Å². The molecule has 0 aliphatic carbocycles. The summed E-state index contributed by atoms with van der Waals surface area (Å²) in [6.45, 7) is 7.04. The van der Waals surface area contributed by atoms with E-state index in [-0.39, 0.29) is 40.1 Å². The molecule has 2 aliphatic rings. The molecular formula is C29H31F2N5O6. The van der Waals surface area contributed by atoms with Gasteiger partial charge in [-0.15, -0.1) is 0 Å². The molecule has 2 fully saturated rings. The number of halogens is 2. The largest absolute Gasteiger partial charge is 0.462 e. The Morgan fingerprint density at radius 2 is 1.74 bits per heavy atom. The number of esters is 1. The lowest BCUT2D eigenvalue weighted by molar-refractivity contribution is -0.121. The molecule has 3 aromatic rings. The van der Waals surface area contributed by atoms with Crippen molar-refractivity contribution in [3.8, 4) is 5.69 Å². The fourth-order valence-electron chi connectivity index (χ4n) is 5.28. The Hall–Kier alpha value is -4.52. The molecule has 2 atom stereocenters. The number of pyridine rings is 1. The van der Waals surface area contributed by atoms with Gasteiger partial charge >= 0.3 is 12.1 Å². The predicted molar refractivity (Wildman–Crippen MR) is 151 cm³/mol. The molecule has 5 rings (SSSR count). The molecule has 0 spiro atoms. The Balaban J connectivity index is 1.64. The first-order valence-electron chi connectivity index (χ1n) is 13.6. The van der Waals surface area contributed by atoms with Gasteiger partial charge in [0.2, 0.25) is 11.3 Å². The lowest BCUT2D eigenvalue weighted by Crippen LogP contribution is -2.44. The summed E-state index contributed by atoms with van der Waals surface area (Å²) in [6.07, 6.45) is -0.499. The van der Waals surface area contributed by atoms with Gasteiger partial charge in [0.05, 0.1) is 35.2 Å². The number of carbonyl (C=O) groups is 3. The topological polar surface area (TPSA) is 113 Å². The number of benzene rings is 2. The Morgan fingerprint density at radius 3 is 2.38 bits per heavy atom. The molecule has 0 saturated carbocycles. The molecule has 0 radical (unpaired) electrons. The molecule has 1 N–H and O–H groups in total. The molecule has 1 aromatic heterocycles. The highest BCUT2D eigenvalue weighted by atomic mass is 19.1. The van der Waals surface area contributed by atoms with E-state index in [4.69, 9.17) is 9.47 Å². The van der Waals surface area contributed by atoms with Gasteiger partial charge in [-0.2, -0.15) is 0 Å². The number of cyclic esters (lactones) is 1. The van der Waals surface area contributed by atoms with Crippen molar-refractivity contribution in [1.29, 1.82) is 0 Å². The molecule has 13 heteroatoms. The SMILES string of the molecule is CCOC(=O)c1cn(-c2ccc(N3C(=O)O[C@H](NC(C)=O)C3C)cc2F)c2cc(N3CCN(C)CC3)c(F)cc2c1=O. The number of nitrogens with zero attached hydrogens (tertiary/aromatic N) is 4. The van der Waals surface area contributed by atoms with Crippen molar-refractivity contribution < 1.29 is 32.6 Å². The van der Waals surface area contributed by atoms with E-state index in [1.165, 1.54) is 40.8 Å². The molecule has 0 bridgehead atoms. The first-order chi connectivity index (χ1) is 20.0. The molecule has 42 heavy (non-hydrogen) atoms. The Labute approximate surface area is 240 Å². The minimum Gasteiger partial charge on any atom is -0.462 e. The van der Waals surface area contributed by atoms with Crippen LogP contribution in [-0.4, -0.2) is 79.5 Å². The zero-order valence-corrected chi connectivity index (χ0v) is 23.6. The van der Waals surface area contributed by atoms with Crippen molar-refractivity contribution in [2.75, 3.05) is 49.6 Å². The van der Waals surface area contributed by atoms with E-state index in [0.717, 1.165) is 12.1 Å². The molecule has 2 aromatic carbocycles.